The van der Waals surface area contributed by atoms with Gasteiger partial charge in [0.05, 0.1) is 19.8 Å². The van der Waals surface area contributed by atoms with Gasteiger partial charge in [0.15, 0.2) is 0 Å². The van der Waals surface area contributed by atoms with Gasteiger partial charge in [0.2, 0.25) is 0 Å². The predicted molar refractivity (Wildman–Crippen MR) is 39.5 cm³/mol. The number of ether oxygens (including phenoxy) is 3. The van der Waals surface area contributed by atoms with Crippen LogP contribution in [0.1, 0.15) is 12.8 Å². The number of rotatable bonds is 0. The molecule has 1 unspecified atom stereocenters. The Kier molecular flexibility index (Phi) is 2.06. The molecule has 0 bridgehead atoms. The highest BCUT2D eigenvalue weighted by molar-refractivity contribution is 6.21. The summed E-state index contributed by atoms with van der Waals surface area (Å²) in [5.41, 5.74) is 0. The van der Waals surface area contributed by atoms with Gasteiger partial charge >= 0.3 is 0 Å². The summed E-state index contributed by atoms with van der Waals surface area (Å²) in [6, 6.07) is 0. The quantitative estimate of drug-likeness (QED) is 0.520. The minimum absolute atomic E-state index is 0.154. The molecule has 64 valence electrons. The van der Waals surface area contributed by atoms with Crippen molar-refractivity contribution in [3.8, 4) is 0 Å². The van der Waals surface area contributed by atoms with Gasteiger partial charge < -0.3 is 14.2 Å². The number of alkyl halides is 1. The summed E-state index contributed by atoms with van der Waals surface area (Å²) in [6.07, 6.45) is 1.89. The van der Waals surface area contributed by atoms with Crippen LogP contribution in [0.25, 0.3) is 0 Å². The Labute approximate surface area is 70.6 Å². The average Bonchev–Trinajstić information content (AvgIpc) is 2.46. The third-order valence-corrected chi connectivity index (χ3v) is 2.46. The lowest BCUT2D eigenvalue weighted by Gasteiger charge is -2.34. The largest absolute Gasteiger partial charge is 0.326 e. The monoisotopic (exact) mass is 178 g/mol. The first kappa shape index (κ1) is 7.80. The SMILES string of the molecule is ClC1CCCOC12OCCO2. The van der Waals surface area contributed by atoms with E-state index in [9.17, 15) is 0 Å². The van der Waals surface area contributed by atoms with E-state index in [1.54, 1.807) is 0 Å². The molecule has 0 N–H and O–H groups in total. The van der Waals surface area contributed by atoms with E-state index in [1.165, 1.54) is 0 Å². The molecule has 0 aliphatic carbocycles. The molecule has 1 atom stereocenters. The van der Waals surface area contributed by atoms with Crippen LogP contribution in [0.3, 0.4) is 0 Å². The van der Waals surface area contributed by atoms with Crippen molar-refractivity contribution in [3.63, 3.8) is 0 Å². The Morgan fingerprint density at radius 2 is 1.73 bits per heavy atom. The number of hydrogen-bond acceptors (Lipinski definition) is 3. The van der Waals surface area contributed by atoms with E-state index in [0.717, 1.165) is 12.8 Å². The van der Waals surface area contributed by atoms with Crippen molar-refractivity contribution in [1.82, 2.24) is 0 Å². The van der Waals surface area contributed by atoms with Gasteiger partial charge in [0.1, 0.15) is 5.38 Å². The summed E-state index contributed by atoms with van der Waals surface area (Å²) >= 11 is 6.00. The molecular formula is C7H11ClO3. The first-order valence-electron chi connectivity index (χ1n) is 3.89. The molecule has 0 saturated carbocycles. The zero-order valence-electron chi connectivity index (χ0n) is 6.22. The van der Waals surface area contributed by atoms with Crippen LogP contribution in [0.15, 0.2) is 0 Å². The molecule has 2 fully saturated rings. The van der Waals surface area contributed by atoms with Crippen LogP contribution in [0.5, 0.6) is 0 Å². The van der Waals surface area contributed by atoms with E-state index in [4.69, 9.17) is 25.8 Å². The van der Waals surface area contributed by atoms with E-state index in [0.29, 0.717) is 19.8 Å². The van der Waals surface area contributed by atoms with Crippen molar-refractivity contribution in [2.75, 3.05) is 19.8 Å². The lowest BCUT2D eigenvalue weighted by molar-refractivity contribution is -0.342. The van der Waals surface area contributed by atoms with Gasteiger partial charge in [-0.15, -0.1) is 11.6 Å². The summed E-state index contributed by atoms with van der Waals surface area (Å²) in [6.45, 7) is 1.86. The fourth-order valence-corrected chi connectivity index (χ4v) is 1.76. The Morgan fingerprint density at radius 3 is 2.36 bits per heavy atom. The summed E-state index contributed by atoms with van der Waals surface area (Å²) in [5.74, 6) is -0.903. The molecule has 0 radical (unpaired) electrons. The maximum atomic E-state index is 6.00. The number of halogens is 1. The van der Waals surface area contributed by atoms with Crippen LogP contribution < -0.4 is 0 Å². The van der Waals surface area contributed by atoms with Crippen LogP contribution in [0.4, 0.5) is 0 Å². The molecule has 0 aromatic carbocycles. The van der Waals surface area contributed by atoms with Crippen molar-refractivity contribution in [2.24, 2.45) is 0 Å². The Hall–Kier alpha value is 0.170. The highest BCUT2D eigenvalue weighted by Crippen LogP contribution is 2.34. The van der Waals surface area contributed by atoms with Crippen LogP contribution in [-0.4, -0.2) is 31.2 Å². The molecule has 0 amide bonds. The maximum Gasteiger partial charge on any atom is 0.300 e. The third-order valence-electron chi connectivity index (χ3n) is 1.98. The van der Waals surface area contributed by atoms with Crippen molar-refractivity contribution >= 4 is 11.6 Å². The minimum Gasteiger partial charge on any atom is -0.326 e. The highest BCUT2D eigenvalue weighted by atomic mass is 35.5. The summed E-state index contributed by atoms with van der Waals surface area (Å²) in [7, 11) is 0. The van der Waals surface area contributed by atoms with Gasteiger partial charge in [-0.2, -0.15) is 0 Å². The van der Waals surface area contributed by atoms with Gasteiger partial charge in [-0.3, -0.25) is 0 Å². The van der Waals surface area contributed by atoms with Crippen molar-refractivity contribution in [3.05, 3.63) is 0 Å². The highest BCUT2D eigenvalue weighted by Gasteiger charge is 2.47. The van der Waals surface area contributed by atoms with Crippen molar-refractivity contribution in [1.29, 1.82) is 0 Å². The van der Waals surface area contributed by atoms with Crippen LogP contribution in [0, 0.1) is 0 Å². The molecule has 4 heteroatoms. The number of hydrogen-bond donors (Lipinski definition) is 0. The van der Waals surface area contributed by atoms with Crippen LogP contribution in [0.2, 0.25) is 0 Å². The normalized spacial score (nSPS) is 36.3. The van der Waals surface area contributed by atoms with Crippen LogP contribution in [-0.2, 0) is 14.2 Å². The molecule has 2 saturated heterocycles. The van der Waals surface area contributed by atoms with Gasteiger partial charge in [-0.25, -0.2) is 0 Å². The smallest absolute Gasteiger partial charge is 0.300 e. The standard InChI is InChI=1S/C7H11ClO3/c8-6-2-1-3-9-7(6)10-4-5-11-7/h6H,1-5H2. The molecule has 2 aliphatic heterocycles. The Bertz CT molecular complexity index is 145. The molecule has 0 aromatic rings. The Morgan fingerprint density at radius 1 is 1.09 bits per heavy atom. The summed E-state index contributed by atoms with van der Waals surface area (Å²) in [4.78, 5) is 0. The Balaban J connectivity index is 2.07. The van der Waals surface area contributed by atoms with Crippen LogP contribution >= 0.6 is 11.6 Å². The minimum atomic E-state index is -0.903. The van der Waals surface area contributed by atoms with E-state index >= 15 is 0 Å². The van der Waals surface area contributed by atoms with Gasteiger partial charge in [0, 0.05) is 0 Å². The molecular weight excluding hydrogens is 168 g/mol. The molecule has 2 heterocycles. The molecule has 2 rings (SSSR count). The second kappa shape index (κ2) is 2.90. The van der Waals surface area contributed by atoms with E-state index < -0.39 is 5.97 Å². The molecule has 2 aliphatic rings. The van der Waals surface area contributed by atoms with E-state index in [1.807, 2.05) is 0 Å². The predicted octanol–water partition coefficient (Wildman–Crippen LogP) is 1.10. The first-order chi connectivity index (χ1) is 5.33. The van der Waals surface area contributed by atoms with Crippen molar-refractivity contribution in [2.45, 2.75) is 24.2 Å². The second-order valence-electron chi connectivity index (χ2n) is 2.76. The topological polar surface area (TPSA) is 27.7 Å². The lowest BCUT2D eigenvalue weighted by atomic mass is 10.2. The molecule has 1 spiro atoms. The summed E-state index contributed by atoms with van der Waals surface area (Å²) < 4.78 is 16.0. The summed E-state index contributed by atoms with van der Waals surface area (Å²) in [5, 5.41) is -0.154. The van der Waals surface area contributed by atoms with Gasteiger partial charge in [-0.05, 0) is 12.8 Å². The second-order valence-corrected chi connectivity index (χ2v) is 3.29. The van der Waals surface area contributed by atoms with E-state index in [-0.39, 0.29) is 5.38 Å². The lowest BCUT2D eigenvalue weighted by Crippen LogP contribution is -2.46. The van der Waals surface area contributed by atoms with E-state index in [2.05, 4.69) is 0 Å². The molecule has 11 heavy (non-hydrogen) atoms. The molecule has 0 aromatic heterocycles. The van der Waals surface area contributed by atoms with Gasteiger partial charge in [0.25, 0.3) is 5.97 Å². The first-order valence-corrected chi connectivity index (χ1v) is 4.33. The zero-order valence-corrected chi connectivity index (χ0v) is 6.97. The van der Waals surface area contributed by atoms with Crippen molar-refractivity contribution < 1.29 is 14.2 Å². The fraction of sp³-hybridized carbons (Fsp3) is 1.00. The zero-order chi connectivity index (χ0) is 7.73. The van der Waals surface area contributed by atoms with Gasteiger partial charge in [-0.1, -0.05) is 0 Å². The third kappa shape index (κ3) is 1.26. The molecule has 3 nitrogen and oxygen atoms in total. The maximum absolute atomic E-state index is 6.00. The average molecular weight is 179 g/mol. The fourth-order valence-electron chi connectivity index (χ4n) is 1.42.